The van der Waals surface area contributed by atoms with Gasteiger partial charge in [-0.2, -0.15) is 0 Å². The van der Waals surface area contributed by atoms with Gasteiger partial charge < -0.3 is 14.9 Å². The van der Waals surface area contributed by atoms with Crippen LogP contribution in [0.2, 0.25) is 0 Å². The molecule has 1 aromatic carbocycles. The molecule has 196 valence electrons. The van der Waals surface area contributed by atoms with Crippen LogP contribution in [0.3, 0.4) is 0 Å². The number of rotatable bonds is 8. The van der Waals surface area contributed by atoms with Crippen LogP contribution in [-0.4, -0.2) is 39.2 Å². The summed E-state index contributed by atoms with van der Waals surface area (Å²) >= 11 is 0. The third-order valence-corrected chi connectivity index (χ3v) is 7.88. The molecule has 4 aliphatic rings. The Kier molecular flexibility index (Phi) is 7.75. The number of aromatic nitrogens is 2. The molecular formula is C31H40N4O2. The second-order valence-electron chi connectivity index (χ2n) is 11.0. The Balaban J connectivity index is 0.000000348. The average Bonchev–Trinajstić information content (AvgIpc) is 3.81. The van der Waals surface area contributed by atoms with Crippen LogP contribution in [0.1, 0.15) is 107 Å². The van der Waals surface area contributed by atoms with E-state index >= 15 is 0 Å². The number of benzene rings is 1. The molecule has 6 rings (SSSR count). The summed E-state index contributed by atoms with van der Waals surface area (Å²) in [5.74, 6) is 2.20. The third-order valence-electron chi connectivity index (χ3n) is 7.88. The zero-order valence-corrected chi connectivity index (χ0v) is 22.5. The molecule has 3 heterocycles. The molecule has 1 atom stereocenters. The molecule has 6 heteroatoms. The third kappa shape index (κ3) is 6.30. The van der Waals surface area contributed by atoms with Gasteiger partial charge in [0.2, 0.25) is 0 Å². The van der Waals surface area contributed by atoms with Crippen molar-refractivity contribution in [2.75, 3.05) is 6.61 Å². The highest BCUT2D eigenvalue weighted by Crippen LogP contribution is 2.43. The predicted octanol–water partition coefficient (Wildman–Crippen LogP) is 7.34. The molecule has 1 unspecified atom stereocenters. The van der Waals surface area contributed by atoms with E-state index in [0.717, 1.165) is 67.5 Å². The normalized spacial score (nSPS) is 20.7. The molecule has 2 saturated carbocycles. The number of imidazole rings is 1. The van der Waals surface area contributed by atoms with Gasteiger partial charge in [-0.3, -0.25) is 4.99 Å². The maximum Gasteiger partial charge on any atom is 0.139 e. The molecule has 0 spiro atoms. The smallest absolute Gasteiger partial charge is 0.139 e. The van der Waals surface area contributed by atoms with Crippen LogP contribution in [0.15, 0.2) is 52.3 Å². The van der Waals surface area contributed by atoms with Crippen LogP contribution in [0, 0.1) is 0 Å². The summed E-state index contributed by atoms with van der Waals surface area (Å²) < 4.78 is 0. The van der Waals surface area contributed by atoms with Gasteiger partial charge in [-0.1, -0.05) is 24.2 Å². The standard InChI is InChI=1S/C25H33N3O2.C6H7N/c1-4-17(6-5-9-25(29)10-11-25)20-12-19(22-15(2)14-30-28-16(22)3)13-21-23(20)27-24(26-21)18-7-8-18;1-2-4-6-7-5-3-1/h12-13,17-18,29H,4-11,14H2,1-3H3,(H,26,27);1,3-6H,2H2. The van der Waals surface area contributed by atoms with Crippen LogP contribution in [0.5, 0.6) is 0 Å². The van der Waals surface area contributed by atoms with Gasteiger partial charge in [0.15, 0.2) is 0 Å². The van der Waals surface area contributed by atoms with E-state index < -0.39 is 0 Å². The van der Waals surface area contributed by atoms with Crippen molar-refractivity contribution in [3.05, 3.63) is 59.1 Å². The minimum absolute atomic E-state index is 0.363. The number of H-pyrrole nitrogens is 1. The molecule has 37 heavy (non-hydrogen) atoms. The van der Waals surface area contributed by atoms with Crippen molar-refractivity contribution in [2.24, 2.45) is 10.1 Å². The second-order valence-corrected chi connectivity index (χ2v) is 11.0. The first-order valence-electron chi connectivity index (χ1n) is 13.9. The Hall–Kier alpha value is -2.99. The van der Waals surface area contributed by atoms with Gasteiger partial charge in [0.25, 0.3) is 0 Å². The number of aromatic amines is 1. The highest BCUT2D eigenvalue weighted by atomic mass is 16.6. The number of nitrogens with zero attached hydrogens (tertiary/aromatic N) is 3. The fourth-order valence-corrected chi connectivity index (χ4v) is 5.37. The maximum absolute atomic E-state index is 10.3. The molecule has 2 fully saturated rings. The lowest BCUT2D eigenvalue weighted by Gasteiger charge is -2.21. The first kappa shape index (κ1) is 25.7. The molecule has 2 aliphatic carbocycles. The van der Waals surface area contributed by atoms with Crippen LogP contribution in [-0.2, 0) is 4.84 Å². The first-order valence-corrected chi connectivity index (χ1v) is 13.9. The largest absolute Gasteiger partial charge is 0.391 e. The molecule has 2 N–H and O–H groups in total. The van der Waals surface area contributed by atoms with Crippen LogP contribution in [0.4, 0.5) is 0 Å². The van der Waals surface area contributed by atoms with E-state index in [4.69, 9.17) is 9.82 Å². The van der Waals surface area contributed by atoms with Crippen LogP contribution < -0.4 is 0 Å². The molecule has 1 aromatic heterocycles. The fourth-order valence-electron chi connectivity index (χ4n) is 5.37. The molecule has 2 aliphatic heterocycles. The van der Waals surface area contributed by atoms with Crippen molar-refractivity contribution in [3.63, 3.8) is 0 Å². The van der Waals surface area contributed by atoms with E-state index in [2.05, 4.69) is 47.2 Å². The van der Waals surface area contributed by atoms with Gasteiger partial charge in [-0.15, -0.1) is 0 Å². The van der Waals surface area contributed by atoms with Gasteiger partial charge >= 0.3 is 0 Å². The Morgan fingerprint density at radius 1 is 1.19 bits per heavy atom. The second kappa shape index (κ2) is 11.2. The van der Waals surface area contributed by atoms with Crippen molar-refractivity contribution in [2.45, 2.75) is 96.0 Å². The lowest BCUT2D eigenvalue weighted by Crippen LogP contribution is -2.11. The van der Waals surface area contributed by atoms with Gasteiger partial charge in [0.1, 0.15) is 12.4 Å². The maximum atomic E-state index is 10.3. The van der Waals surface area contributed by atoms with Gasteiger partial charge in [-0.25, -0.2) is 4.98 Å². The monoisotopic (exact) mass is 500 g/mol. The molecule has 0 amide bonds. The summed E-state index contributed by atoms with van der Waals surface area (Å²) in [4.78, 5) is 17.9. The Morgan fingerprint density at radius 2 is 2.03 bits per heavy atom. The number of aliphatic imine (C=N–C) groups is 1. The topological polar surface area (TPSA) is 82.9 Å². The molecule has 6 nitrogen and oxygen atoms in total. The van der Waals surface area contributed by atoms with E-state index in [1.54, 1.807) is 12.4 Å². The number of hydrogen-bond donors (Lipinski definition) is 2. The van der Waals surface area contributed by atoms with Gasteiger partial charge in [0, 0.05) is 23.9 Å². The number of aliphatic hydroxyl groups is 1. The van der Waals surface area contributed by atoms with E-state index in [9.17, 15) is 5.11 Å². The zero-order valence-electron chi connectivity index (χ0n) is 22.5. The Morgan fingerprint density at radius 3 is 2.76 bits per heavy atom. The van der Waals surface area contributed by atoms with Crippen LogP contribution in [0.25, 0.3) is 16.6 Å². The highest BCUT2D eigenvalue weighted by molar-refractivity contribution is 6.24. The summed E-state index contributed by atoms with van der Waals surface area (Å²) in [6, 6.07) is 4.60. The van der Waals surface area contributed by atoms with Crippen molar-refractivity contribution in [1.29, 1.82) is 0 Å². The summed E-state index contributed by atoms with van der Waals surface area (Å²) in [5, 5.41) is 14.5. The van der Waals surface area contributed by atoms with Crippen LogP contribution >= 0.6 is 0 Å². The predicted molar refractivity (Wildman–Crippen MR) is 152 cm³/mol. The quantitative estimate of drug-likeness (QED) is 0.398. The van der Waals surface area contributed by atoms with Gasteiger partial charge in [0.05, 0.1) is 22.3 Å². The summed E-state index contributed by atoms with van der Waals surface area (Å²) in [7, 11) is 0. The number of nitrogens with one attached hydrogen (secondary N) is 1. The molecule has 0 radical (unpaired) electrons. The Labute approximate surface area is 220 Å². The highest BCUT2D eigenvalue weighted by Gasteiger charge is 2.39. The average molecular weight is 501 g/mol. The SMILES string of the molecule is C1=CCC=CN=C1.CCC(CCCC1(O)CC1)c1cc(C2=C(C)CON=C2C)cc2[nH]c(C3CC3)nc12. The fraction of sp³-hybridized carbons (Fsp3) is 0.516. The van der Waals surface area contributed by atoms with Crippen molar-refractivity contribution in [3.8, 4) is 0 Å². The number of allylic oxidation sites excluding steroid dienone is 4. The minimum Gasteiger partial charge on any atom is -0.391 e. The van der Waals surface area contributed by atoms with Crippen molar-refractivity contribution >= 4 is 28.5 Å². The van der Waals surface area contributed by atoms with E-state index in [0.29, 0.717) is 18.4 Å². The Bertz CT molecular complexity index is 1260. The van der Waals surface area contributed by atoms with Crippen molar-refractivity contribution < 1.29 is 9.94 Å². The summed E-state index contributed by atoms with van der Waals surface area (Å²) in [6.45, 7) is 6.98. The zero-order chi connectivity index (χ0) is 25.8. The number of oxime groups is 1. The molecule has 2 aromatic rings. The number of fused-ring (bicyclic) bond motifs is 1. The lowest BCUT2D eigenvalue weighted by atomic mass is 9.86. The molecule has 0 bridgehead atoms. The molecule has 0 saturated heterocycles. The minimum atomic E-state index is -0.363. The van der Waals surface area contributed by atoms with E-state index in [-0.39, 0.29) is 5.60 Å². The lowest BCUT2D eigenvalue weighted by molar-refractivity contribution is 0.135. The first-order chi connectivity index (χ1) is 18.0. The van der Waals surface area contributed by atoms with Gasteiger partial charge in [-0.05, 0) is 112 Å². The van der Waals surface area contributed by atoms with E-state index in [1.807, 2.05) is 19.1 Å². The van der Waals surface area contributed by atoms with Crippen molar-refractivity contribution in [1.82, 2.24) is 9.97 Å². The summed E-state index contributed by atoms with van der Waals surface area (Å²) in [6.07, 6.45) is 19.2. The summed E-state index contributed by atoms with van der Waals surface area (Å²) in [5.41, 5.74) is 7.84. The molecular weight excluding hydrogens is 460 g/mol. The van der Waals surface area contributed by atoms with E-state index in [1.165, 1.54) is 35.1 Å². The number of hydrogen-bond acceptors (Lipinski definition) is 5.